The third-order valence-electron chi connectivity index (χ3n) is 4.82. The number of aromatic nitrogens is 1. The summed E-state index contributed by atoms with van der Waals surface area (Å²) in [5, 5.41) is 7.94. The van der Waals surface area contributed by atoms with Gasteiger partial charge in [-0.15, -0.1) is 11.3 Å². The molecule has 1 aliphatic rings. The van der Waals surface area contributed by atoms with Crippen molar-refractivity contribution in [3.8, 4) is 5.75 Å². The van der Waals surface area contributed by atoms with E-state index < -0.39 is 0 Å². The van der Waals surface area contributed by atoms with E-state index in [0.29, 0.717) is 18.0 Å². The molecule has 1 aromatic heterocycles. The molecular weight excluding hydrogens is 384 g/mol. The standard InChI is InChI=1S/C22H24N4O2S/c27-22(25-19-9-10-26(13-19)12-17-5-2-1-3-6-17)24-18-7-4-8-21(11-18)28-14-20-15-29-16-23-20/h1-8,11,15-16,19H,9-10,12-14H2,(H2,24,25,27). The summed E-state index contributed by atoms with van der Waals surface area (Å²) >= 11 is 1.54. The molecule has 0 spiro atoms. The molecule has 2 heterocycles. The van der Waals surface area contributed by atoms with Crippen LogP contribution in [0.1, 0.15) is 17.7 Å². The highest BCUT2D eigenvalue weighted by atomic mass is 32.1. The van der Waals surface area contributed by atoms with Crippen LogP contribution in [0.2, 0.25) is 0 Å². The molecule has 6 nitrogen and oxygen atoms in total. The number of benzene rings is 2. The summed E-state index contributed by atoms with van der Waals surface area (Å²) in [5.74, 6) is 0.700. The number of hydrogen-bond donors (Lipinski definition) is 2. The Morgan fingerprint density at radius 2 is 2.10 bits per heavy atom. The third kappa shape index (κ3) is 5.79. The van der Waals surface area contributed by atoms with Gasteiger partial charge in [-0.1, -0.05) is 36.4 Å². The molecule has 1 saturated heterocycles. The van der Waals surface area contributed by atoms with Crippen LogP contribution in [0.3, 0.4) is 0 Å². The molecule has 1 aliphatic heterocycles. The molecule has 2 amide bonds. The molecule has 150 valence electrons. The van der Waals surface area contributed by atoms with Gasteiger partial charge in [-0.05, 0) is 24.1 Å². The molecule has 29 heavy (non-hydrogen) atoms. The highest BCUT2D eigenvalue weighted by Gasteiger charge is 2.23. The van der Waals surface area contributed by atoms with Crippen LogP contribution in [0.25, 0.3) is 0 Å². The molecular formula is C22H24N4O2S. The summed E-state index contributed by atoms with van der Waals surface area (Å²) in [4.78, 5) is 19.0. The lowest BCUT2D eigenvalue weighted by Crippen LogP contribution is -2.39. The van der Waals surface area contributed by atoms with E-state index in [0.717, 1.165) is 31.7 Å². The van der Waals surface area contributed by atoms with Gasteiger partial charge in [-0.3, -0.25) is 4.90 Å². The van der Waals surface area contributed by atoms with E-state index in [1.165, 1.54) is 5.56 Å². The van der Waals surface area contributed by atoms with Gasteiger partial charge >= 0.3 is 6.03 Å². The quantitative estimate of drug-likeness (QED) is 0.617. The van der Waals surface area contributed by atoms with Gasteiger partial charge in [0.25, 0.3) is 0 Å². The van der Waals surface area contributed by atoms with Crippen molar-refractivity contribution in [1.82, 2.24) is 15.2 Å². The van der Waals surface area contributed by atoms with Crippen LogP contribution in [0.5, 0.6) is 5.75 Å². The number of nitrogens with zero attached hydrogens (tertiary/aromatic N) is 2. The fourth-order valence-corrected chi connectivity index (χ4v) is 3.96. The van der Waals surface area contributed by atoms with Crippen molar-refractivity contribution in [2.45, 2.75) is 25.6 Å². The number of likely N-dealkylation sites (tertiary alicyclic amines) is 1. The number of nitrogens with one attached hydrogen (secondary N) is 2. The molecule has 0 aliphatic carbocycles. The maximum Gasteiger partial charge on any atom is 0.319 e. The van der Waals surface area contributed by atoms with Crippen molar-refractivity contribution in [2.24, 2.45) is 0 Å². The van der Waals surface area contributed by atoms with Crippen LogP contribution >= 0.6 is 11.3 Å². The molecule has 0 saturated carbocycles. The zero-order valence-electron chi connectivity index (χ0n) is 16.1. The Morgan fingerprint density at radius 3 is 2.93 bits per heavy atom. The van der Waals surface area contributed by atoms with Gasteiger partial charge in [0.05, 0.1) is 11.2 Å². The zero-order chi connectivity index (χ0) is 19.9. The van der Waals surface area contributed by atoms with Crippen molar-refractivity contribution in [3.05, 3.63) is 76.7 Å². The number of urea groups is 1. The highest BCUT2D eigenvalue weighted by Crippen LogP contribution is 2.19. The molecule has 7 heteroatoms. The van der Waals surface area contributed by atoms with Gasteiger partial charge in [0.1, 0.15) is 12.4 Å². The summed E-state index contributed by atoms with van der Waals surface area (Å²) < 4.78 is 5.74. The second kappa shape index (κ2) is 9.54. The second-order valence-corrected chi connectivity index (χ2v) is 7.82. The molecule has 2 N–H and O–H groups in total. The molecule has 1 atom stereocenters. The van der Waals surface area contributed by atoms with E-state index in [1.54, 1.807) is 16.8 Å². The predicted molar refractivity (Wildman–Crippen MR) is 115 cm³/mol. The number of carbonyl (C=O) groups is 1. The fraction of sp³-hybridized carbons (Fsp3) is 0.273. The van der Waals surface area contributed by atoms with Crippen LogP contribution < -0.4 is 15.4 Å². The number of rotatable bonds is 7. The molecule has 3 aromatic rings. The summed E-state index contributed by atoms with van der Waals surface area (Å²) in [6.07, 6.45) is 0.955. The van der Waals surface area contributed by atoms with E-state index in [2.05, 4.69) is 44.8 Å². The minimum atomic E-state index is -0.187. The van der Waals surface area contributed by atoms with E-state index in [1.807, 2.05) is 35.7 Å². The van der Waals surface area contributed by atoms with Crippen molar-refractivity contribution >= 4 is 23.1 Å². The largest absolute Gasteiger partial charge is 0.487 e. The first kappa shape index (κ1) is 19.4. The van der Waals surface area contributed by atoms with Gasteiger partial charge in [-0.2, -0.15) is 0 Å². The molecule has 1 fully saturated rings. The smallest absolute Gasteiger partial charge is 0.319 e. The zero-order valence-corrected chi connectivity index (χ0v) is 16.9. The maximum absolute atomic E-state index is 12.4. The predicted octanol–water partition coefficient (Wildman–Crippen LogP) is 4.12. The number of thiazole rings is 1. The van der Waals surface area contributed by atoms with Gasteiger partial charge in [-0.25, -0.2) is 9.78 Å². The van der Waals surface area contributed by atoms with Gasteiger partial charge in [0.15, 0.2) is 0 Å². The van der Waals surface area contributed by atoms with Crippen LogP contribution in [-0.2, 0) is 13.2 Å². The number of anilines is 1. The Morgan fingerprint density at radius 1 is 1.21 bits per heavy atom. The minimum Gasteiger partial charge on any atom is -0.487 e. The highest BCUT2D eigenvalue weighted by molar-refractivity contribution is 7.07. The van der Waals surface area contributed by atoms with E-state index in [-0.39, 0.29) is 12.1 Å². The summed E-state index contributed by atoms with van der Waals surface area (Å²) in [6, 6.07) is 17.8. The third-order valence-corrected chi connectivity index (χ3v) is 5.45. The monoisotopic (exact) mass is 408 g/mol. The van der Waals surface area contributed by atoms with Gasteiger partial charge in [0, 0.05) is 42.8 Å². The molecule has 0 bridgehead atoms. The number of amides is 2. The Bertz CT molecular complexity index is 918. The van der Waals surface area contributed by atoms with Crippen molar-refractivity contribution in [2.75, 3.05) is 18.4 Å². The second-order valence-electron chi connectivity index (χ2n) is 7.10. The first-order valence-electron chi connectivity index (χ1n) is 9.68. The first-order valence-corrected chi connectivity index (χ1v) is 10.6. The fourth-order valence-electron chi connectivity index (χ4n) is 3.42. The minimum absolute atomic E-state index is 0.155. The summed E-state index contributed by atoms with van der Waals surface area (Å²) in [6.45, 7) is 3.18. The lowest BCUT2D eigenvalue weighted by molar-refractivity contribution is 0.247. The Balaban J connectivity index is 1.24. The molecule has 1 unspecified atom stereocenters. The van der Waals surface area contributed by atoms with Gasteiger partial charge in [0.2, 0.25) is 0 Å². The molecule has 2 aromatic carbocycles. The summed E-state index contributed by atoms with van der Waals surface area (Å²) in [5.41, 5.74) is 4.68. The average Bonchev–Trinajstić information content (AvgIpc) is 3.40. The topological polar surface area (TPSA) is 66.5 Å². The van der Waals surface area contributed by atoms with Crippen molar-refractivity contribution in [1.29, 1.82) is 0 Å². The lowest BCUT2D eigenvalue weighted by Gasteiger charge is -2.17. The van der Waals surface area contributed by atoms with Crippen LogP contribution in [-0.4, -0.2) is 35.0 Å². The maximum atomic E-state index is 12.4. The first-order chi connectivity index (χ1) is 14.2. The van der Waals surface area contributed by atoms with Gasteiger partial charge < -0.3 is 15.4 Å². The van der Waals surface area contributed by atoms with E-state index in [4.69, 9.17) is 4.74 Å². The van der Waals surface area contributed by atoms with Crippen LogP contribution in [0.15, 0.2) is 65.5 Å². The van der Waals surface area contributed by atoms with Crippen molar-refractivity contribution in [3.63, 3.8) is 0 Å². The SMILES string of the molecule is O=C(Nc1cccc(OCc2cscn2)c1)NC1CCN(Cc2ccccc2)C1. The molecule has 0 radical (unpaired) electrons. The average molecular weight is 409 g/mol. The summed E-state index contributed by atoms with van der Waals surface area (Å²) in [7, 11) is 0. The Labute approximate surface area is 174 Å². The number of ether oxygens (including phenoxy) is 1. The number of carbonyl (C=O) groups excluding carboxylic acids is 1. The van der Waals surface area contributed by atoms with E-state index in [9.17, 15) is 4.79 Å². The normalized spacial score (nSPS) is 16.5. The van der Waals surface area contributed by atoms with E-state index >= 15 is 0 Å². The Kier molecular flexibility index (Phi) is 6.38. The lowest BCUT2D eigenvalue weighted by atomic mass is 10.2. The van der Waals surface area contributed by atoms with Crippen molar-refractivity contribution < 1.29 is 9.53 Å². The number of hydrogen-bond acceptors (Lipinski definition) is 5. The van der Waals surface area contributed by atoms with Crippen LogP contribution in [0, 0.1) is 0 Å². The van der Waals surface area contributed by atoms with Crippen LogP contribution in [0.4, 0.5) is 10.5 Å². The Hall–Kier alpha value is -2.90. The molecule has 4 rings (SSSR count).